The molecule has 0 aliphatic heterocycles. The highest BCUT2D eigenvalue weighted by Crippen LogP contribution is 2.30. The van der Waals surface area contributed by atoms with Gasteiger partial charge in [-0.2, -0.15) is 0 Å². The van der Waals surface area contributed by atoms with Crippen LogP contribution in [0.15, 0.2) is 97.1 Å². The molecule has 0 aliphatic carbocycles. The molecule has 11 nitrogen and oxygen atoms in total. The summed E-state index contributed by atoms with van der Waals surface area (Å²) in [5.74, 6) is -0.865. The minimum Gasteiger partial charge on any atom is -0.436 e. The van der Waals surface area contributed by atoms with Gasteiger partial charge in [0, 0.05) is 30.6 Å². The van der Waals surface area contributed by atoms with Crippen LogP contribution >= 0.6 is 0 Å². The van der Waals surface area contributed by atoms with Gasteiger partial charge in [-0.25, -0.2) is 9.59 Å². The van der Waals surface area contributed by atoms with Crippen LogP contribution in [-0.4, -0.2) is 69.0 Å². The van der Waals surface area contributed by atoms with Gasteiger partial charge in [-0.1, -0.05) is 154 Å². The van der Waals surface area contributed by atoms with Crippen molar-refractivity contribution in [3.8, 4) is 0 Å². The highest BCUT2D eigenvalue weighted by Gasteiger charge is 2.28. The number of aliphatic hydroxyl groups is 3. The molecule has 0 saturated carbocycles. The van der Waals surface area contributed by atoms with E-state index in [0.717, 1.165) is 86.5 Å². The average molecular weight is 879 g/mol. The van der Waals surface area contributed by atoms with Crippen molar-refractivity contribution < 1.29 is 44.0 Å². The number of alkyl carbamates (subject to hydrolysis) is 2. The van der Waals surface area contributed by atoms with Crippen LogP contribution in [0, 0.1) is 6.92 Å². The minimum atomic E-state index is -1.54. The highest BCUT2D eigenvalue weighted by molar-refractivity contribution is 6.02. The number of amides is 2. The van der Waals surface area contributed by atoms with Crippen LogP contribution in [-0.2, 0) is 15.9 Å². The molecule has 0 heterocycles. The molecule has 5 N–H and O–H groups in total. The van der Waals surface area contributed by atoms with Crippen LogP contribution in [0.2, 0.25) is 0 Å². The van der Waals surface area contributed by atoms with Gasteiger partial charge < -0.3 is 35.4 Å². The topological polar surface area (TPSA) is 171 Å². The van der Waals surface area contributed by atoms with E-state index < -0.39 is 52.8 Å². The summed E-state index contributed by atoms with van der Waals surface area (Å²) in [4.78, 5) is 51.1. The maximum atomic E-state index is 13.0. The predicted molar refractivity (Wildman–Crippen MR) is 251 cm³/mol. The van der Waals surface area contributed by atoms with Gasteiger partial charge in [-0.15, -0.1) is 0 Å². The number of benzene rings is 4. The summed E-state index contributed by atoms with van der Waals surface area (Å²) in [6, 6.07) is 28.9. The maximum absolute atomic E-state index is 13.0. The number of carbonyl (C=O) groups is 4. The Kier molecular flexibility index (Phi) is 19.3. The molecule has 0 fully saturated rings. The molecule has 64 heavy (non-hydrogen) atoms. The van der Waals surface area contributed by atoms with E-state index in [2.05, 4.69) is 10.6 Å². The first-order chi connectivity index (χ1) is 30.2. The molecular formula is C53H70N2O9. The van der Waals surface area contributed by atoms with Gasteiger partial charge in [0.25, 0.3) is 0 Å². The number of rotatable bonds is 25. The number of aryl methyl sites for hydroxylation is 1. The number of ketones is 2. The Balaban J connectivity index is 1.11. The summed E-state index contributed by atoms with van der Waals surface area (Å²) in [6.45, 7) is 12.3. The van der Waals surface area contributed by atoms with Crippen molar-refractivity contribution in [1.29, 1.82) is 0 Å². The molecule has 2 amide bonds. The molecule has 0 spiro atoms. The average Bonchev–Trinajstić information content (AvgIpc) is 3.24. The third-order valence-corrected chi connectivity index (χ3v) is 11.0. The zero-order valence-corrected chi connectivity index (χ0v) is 38.9. The summed E-state index contributed by atoms with van der Waals surface area (Å²) in [6.07, 6.45) is 8.46. The summed E-state index contributed by atoms with van der Waals surface area (Å²) < 4.78 is 11.8. The largest absolute Gasteiger partial charge is 0.436 e. The van der Waals surface area contributed by atoms with Crippen LogP contribution in [0.25, 0.3) is 0 Å². The number of carbonyl (C=O) groups excluding carboxylic acids is 4. The fraction of sp³-hybridized carbons (Fsp3) is 0.472. The molecule has 346 valence electrons. The zero-order chi connectivity index (χ0) is 46.9. The molecule has 0 bridgehead atoms. The van der Waals surface area contributed by atoms with Gasteiger partial charge >= 0.3 is 12.2 Å². The normalized spacial score (nSPS) is 12.4. The first-order valence-corrected chi connectivity index (χ1v) is 22.7. The number of unbranched alkanes of at least 4 members (excludes halogenated alkanes) is 9. The Morgan fingerprint density at radius 3 is 1.08 bits per heavy atom. The second-order valence-electron chi connectivity index (χ2n) is 18.6. The van der Waals surface area contributed by atoms with Crippen molar-refractivity contribution in [3.63, 3.8) is 0 Å². The standard InChI is InChI=1S/C53H70N2O9/c1-37-18-22-39(23-19-37)45(40-24-20-38(21-25-40)36-51(2,3)60)63-49(58)54-34-16-14-12-10-8-9-11-13-15-17-35-55-50(59)64-46(41-26-30-43(31-27-41)47(56)52(4,5)61)42-28-32-44(33-29-42)48(57)53(6,7)62/h18-33,45-46,60-62H,8-17,34-36H2,1-7H3,(H,54,58)(H,55,59). The van der Waals surface area contributed by atoms with Gasteiger partial charge in [0.15, 0.2) is 23.8 Å². The second kappa shape index (κ2) is 24.1. The molecule has 0 saturated heterocycles. The highest BCUT2D eigenvalue weighted by atomic mass is 16.6. The molecule has 1 unspecified atom stereocenters. The maximum Gasteiger partial charge on any atom is 0.408 e. The summed E-state index contributed by atoms with van der Waals surface area (Å²) in [5, 5.41) is 36.3. The van der Waals surface area contributed by atoms with Gasteiger partial charge in [0.05, 0.1) is 5.60 Å². The summed E-state index contributed by atoms with van der Waals surface area (Å²) >= 11 is 0. The number of Topliss-reactive ketones (excluding diaryl/α,β-unsaturated/α-hetero) is 2. The van der Waals surface area contributed by atoms with E-state index in [-0.39, 0.29) is 0 Å². The van der Waals surface area contributed by atoms with Crippen molar-refractivity contribution in [3.05, 3.63) is 142 Å². The first kappa shape index (κ1) is 51.3. The zero-order valence-electron chi connectivity index (χ0n) is 38.9. The Morgan fingerprint density at radius 2 is 0.766 bits per heavy atom. The number of nitrogens with one attached hydrogen (secondary N) is 2. The lowest BCUT2D eigenvalue weighted by atomic mass is 9.92. The van der Waals surface area contributed by atoms with Crippen LogP contribution in [0.4, 0.5) is 9.59 Å². The Bertz CT molecular complexity index is 2010. The van der Waals surface area contributed by atoms with Gasteiger partial charge in [0.1, 0.15) is 11.2 Å². The van der Waals surface area contributed by atoms with Crippen LogP contribution in [0.3, 0.4) is 0 Å². The summed E-state index contributed by atoms with van der Waals surface area (Å²) in [5.41, 5.74) is 1.87. The van der Waals surface area contributed by atoms with Crippen molar-refractivity contribution in [2.24, 2.45) is 0 Å². The predicted octanol–water partition coefficient (Wildman–Crippen LogP) is 10.4. The van der Waals surface area contributed by atoms with Crippen LogP contribution in [0.5, 0.6) is 0 Å². The van der Waals surface area contributed by atoms with Gasteiger partial charge in [-0.3, -0.25) is 9.59 Å². The third-order valence-electron chi connectivity index (χ3n) is 11.0. The van der Waals surface area contributed by atoms with Crippen molar-refractivity contribution in [1.82, 2.24) is 10.6 Å². The van der Waals surface area contributed by atoms with E-state index in [1.165, 1.54) is 27.7 Å². The van der Waals surface area contributed by atoms with Gasteiger partial charge in [-0.05, 0) is 89.1 Å². The Morgan fingerprint density at radius 1 is 0.469 bits per heavy atom. The SMILES string of the molecule is Cc1ccc(C(OC(=O)NCCCCCCCCCCCCNC(=O)OC(c2ccc(C(=O)C(C)(C)O)cc2)c2ccc(C(=O)C(C)(C)O)cc2)c2ccc(CC(C)(C)O)cc2)cc1. The van der Waals surface area contributed by atoms with E-state index in [1.807, 2.05) is 55.5 Å². The lowest BCUT2D eigenvalue weighted by Crippen LogP contribution is -2.31. The Hall–Kier alpha value is -5.36. The Labute approximate surface area is 380 Å². The quantitative estimate of drug-likeness (QED) is 0.0321. The van der Waals surface area contributed by atoms with Crippen molar-refractivity contribution >= 4 is 23.8 Å². The number of hydrogen-bond donors (Lipinski definition) is 5. The molecule has 0 aliphatic rings. The van der Waals surface area contributed by atoms with E-state index in [1.54, 1.807) is 62.4 Å². The van der Waals surface area contributed by atoms with E-state index in [0.29, 0.717) is 41.8 Å². The molecule has 4 aromatic carbocycles. The van der Waals surface area contributed by atoms with Crippen LogP contribution in [0.1, 0.15) is 172 Å². The summed E-state index contributed by atoms with van der Waals surface area (Å²) in [7, 11) is 0. The number of ether oxygens (including phenoxy) is 2. The molecule has 4 rings (SSSR count). The smallest absolute Gasteiger partial charge is 0.408 e. The fourth-order valence-electron chi connectivity index (χ4n) is 7.38. The molecular weight excluding hydrogens is 809 g/mol. The fourth-order valence-corrected chi connectivity index (χ4v) is 7.38. The molecule has 4 aromatic rings. The molecule has 0 aromatic heterocycles. The number of hydrogen-bond acceptors (Lipinski definition) is 9. The molecule has 1 atom stereocenters. The van der Waals surface area contributed by atoms with Crippen molar-refractivity contribution in [2.45, 2.75) is 148 Å². The second-order valence-corrected chi connectivity index (χ2v) is 18.6. The lowest BCUT2D eigenvalue weighted by molar-refractivity contribution is 0.0487. The van der Waals surface area contributed by atoms with E-state index >= 15 is 0 Å². The van der Waals surface area contributed by atoms with Gasteiger partial charge in [0.2, 0.25) is 0 Å². The molecule has 0 radical (unpaired) electrons. The van der Waals surface area contributed by atoms with E-state index in [9.17, 15) is 34.5 Å². The van der Waals surface area contributed by atoms with E-state index in [4.69, 9.17) is 9.47 Å². The molecule has 11 heteroatoms. The lowest BCUT2D eigenvalue weighted by Gasteiger charge is -2.21. The monoisotopic (exact) mass is 879 g/mol. The van der Waals surface area contributed by atoms with Crippen LogP contribution < -0.4 is 10.6 Å². The van der Waals surface area contributed by atoms with Crippen molar-refractivity contribution in [2.75, 3.05) is 13.1 Å². The minimum absolute atomic E-state index is 0.322. The first-order valence-electron chi connectivity index (χ1n) is 22.7. The third kappa shape index (κ3) is 17.3.